The number of phenolic OH excluding ortho intramolecular Hbond substituents is 1. The molecule has 1 amide bonds. The summed E-state index contributed by atoms with van der Waals surface area (Å²) in [5.41, 5.74) is -0.609. The summed E-state index contributed by atoms with van der Waals surface area (Å²) in [5.74, 6) is -1.88. The van der Waals surface area contributed by atoms with Gasteiger partial charge in [-0.15, -0.1) is 0 Å². The van der Waals surface area contributed by atoms with E-state index in [0.717, 1.165) is 0 Å². The topological polar surface area (TPSA) is 86.6 Å². The number of carboxylic acids is 1. The maximum absolute atomic E-state index is 12.0. The number of aliphatic carboxylic acids is 1. The number of amides is 1. The molecule has 1 rings (SSSR count). The zero-order valence-electron chi connectivity index (χ0n) is 10.9. The number of nitrogens with one attached hydrogen (secondary N) is 1. The lowest BCUT2D eigenvalue weighted by molar-refractivity contribution is -0.142. The van der Waals surface area contributed by atoms with Crippen molar-refractivity contribution in [2.45, 2.75) is 26.8 Å². The Morgan fingerprint density at radius 1 is 1.32 bits per heavy atom. The standard InChI is InChI=1S/C13H16ClNO4/c1-13(2,3)10(12(18)19)15-11(17)8-6-7(16)4-5-9(8)14/h4-6,10,16H,1-3H3,(H,15,17)(H,18,19). The Morgan fingerprint density at radius 2 is 1.89 bits per heavy atom. The molecule has 1 aromatic rings. The summed E-state index contributed by atoms with van der Waals surface area (Å²) in [4.78, 5) is 23.2. The van der Waals surface area contributed by atoms with Crippen LogP contribution in [0.15, 0.2) is 18.2 Å². The largest absolute Gasteiger partial charge is 0.508 e. The first-order chi connectivity index (χ1) is 8.62. The van der Waals surface area contributed by atoms with Crippen molar-refractivity contribution in [1.82, 2.24) is 5.32 Å². The Labute approximate surface area is 116 Å². The summed E-state index contributed by atoms with van der Waals surface area (Å²) in [6.07, 6.45) is 0. The average Bonchev–Trinajstić information content (AvgIpc) is 2.26. The van der Waals surface area contributed by atoms with Crippen LogP contribution >= 0.6 is 11.6 Å². The monoisotopic (exact) mass is 285 g/mol. The number of carboxylic acid groups (broad SMARTS) is 1. The molecule has 0 saturated carbocycles. The Morgan fingerprint density at radius 3 is 2.37 bits per heavy atom. The summed E-state index contributed by atoms with van der Waals surface area (Å²) in [7, 11) is 0. The van der Waals surface area contributed by atoms with Gasteiger partial charge in [0.15, 0.2) is 0 Å². The van der Waals surface area contributed by atoms with Gasteiger partial charge in [0, 0.05) is 0 Å². The molecule has 1 unspecified atom stereocenters. The minimum atomic E-state index is -1.13. The van der Waals surface area contributed by atoms with E-state index in [1.807, 2.05) is 0 Å². The van der Waals surface area contributed by atoms with Gasteiger partial charge in [-0.25, -0.2) is 4.79 Å². The number of benzene rings is 1. The number of phenols is 1. The summed E-state index contributed by atoms with van der Waals surface area (Å²) in [6, 6.07) is 2.86. The van der Waals surface area contributed by atoms with Gasteiger partial charge in [0.2, 0.25) is 0 Å². The molecule has 104 valence electrons. The predicted molar refractivity (Wildman–Crippen MR) is 71.5 cm³/mol. The van der Waals surface area contributed by atoms with Gasteiger partial charge in [-0.3, -0.25) is 4.79 Å². The molecule has 6 heteroatoms. The zero-order chi connectivity index (χ0) is 14.8. The van der Waals surface area contributed by atoms with Gasteiger partial charge >= 0.3 is 5.97 Å². The van der Waals surface area contributed by atoms with E-state index in [9.17, 15) is 14.7 Å². The molecule has 0 aromatic heterocycles. The van der Waals surface area contributed by atoms with E-state index >= 15 is 0 Å². The van der Waals surface area contributed by atoms with Crippen molar-refractivity contribution in [2.24, 2.45) is 5.41 Å². The Bertz CT molecular complexity index is 508. The summed E-state index contributed by atoms with van der Waals surface area (Å²) in [5, 5.41) is 21.0. The molecule has 0 aliphatic rings. The number of hydrogen-bond donors (Lipinski definition) is 3. The van der Waals surface area contributed by atoms with Gasteiger partial charge in [-0.2, -0.15) is 0 Å². The lowest BCUT2D eigenvalue weighted by Gasteiger charge is -2.27. The molecule has 0 saturated heterocycles. The van der Waals surface area contributed by atoms with Crippen LogP contribution in [0.4, 0.5) is 0 Å². The van der Waals surface area contributed by atoms with Crippen molar-refractivity contribution in [3.8, 4) is 5.75 Å². The number of halogens is 1. The lowest BCUT2D eigenvalue weighted by Crippen LogP contribution is -2.49. The SMILES string of the molecule is CC(C)(C)C(NC(=O)c1cc(O)ccc1Cl)C(=O)O. The molecule has 1 atom stereocenters. The fourth-order valence-corrected chi connectivity index (χ4v) is 1.75. The van der Waals surface area contributed by atoms with E-state index in [0.29, 0.717) is 0 Å². The number of hydrogen-bond acceptors (Lipinski definition) is 3. The van der Waals surface area contributed by atoms with Crippen LogP contribution in [0.3, 0.4) is 0 Å². The second-order valence-corrected chi connectivity index (χ2v) is 5.68. The number of aromatic hydroxyl groups is 1. The Kier molecular flexibility index (Phi) is 4.42. The van der Waals surface area contributed by atoms with Crippen molar-refractivity contribution >= 4 is 23.5 Å². The van der Waals surface area contributed by atoms with Crippen LogP contribution in [-0.4, -0.2) is 28.1 Å². The third-order valence-electron chi connectivity index (χ3n) is 2.58. The van der Waals surface area contributed by atoms with Gasteiger partial charge in [0.25, 0.3) is 5.91 Å². The predicted octanol–water partition coefficient (Wildman–Crippen LogP) is 2.27. The Balaban J connectivity index is 3.01. The van der Waals surface area contributed by atoms with Crippen LogP contribution in [0.2, 0.25) is 5.02 Å². The first kappa shape index (κ1) is 15.3. The molecular weight excluding hydrogens is 270 g/mol. The van der Waals surface area contributed by atoms with Crippen molar-refractivity contribution in [2.75, 3.05) is 0 Å². The van der Waals surface area contributed by atoms with Crippen molar-refractivity contribution in [1.29, 1.82) is 0 Å². The fraction of sp³-hybridized carbons (Fsp3) is 0.385. The minimum Gasteiger partial charge on any atom is -0.508 e. The van der Waals surface area contributed by atoms with Gasteiger partial charge in [-0.05, 0) is 23.6 Å². The van der Waals surface area contributed by atoms with Crippen molar-refractivity contribution in [3.63, 3.8) is 0 Å². The first-order valence-corrected chi connectivity index (χ1v) is 6.03. The third-order valence-corrected chi connectivity index (χ3v) is 2.91. The molecule has 0 bridgehead atoms. The van der Waals surface area contributed by atoms with Crippen LogP contribution in [0.25, 0.3) is 0 Å². The first-order valence-electron chi connectivity index (χ1n) is 5.65. The zero-order valence-corrected chi connectivity index (χ0v) is 11.7. The average molecular weight is 286 g/mol. The normalized spacial score (nSPS) is 12.8. The maximum Gasteiger partial charge on any atom is 0.326 e. The smallest absolute Gasteiger partial charge is 0.326 e. The molecule has 0 spiro atoms. The van der Waals surface area contributed by atoms with Crippen LogP contribution in [-0.2, 0) is 4.79 Å². The summed E-state index contributed by atoms with van der Waals surface area (Å²) in [6.45, 7) is 5.11. The molecule has 0 fully saturated rings. The van der Waals surface area contributed by atoms with Gasteiger partial charge in [0.05, 0.1) is 10.6 Å². The van der Waals surface area contributed by atoms with Gasteiger partial charge < -0.3 is 15.5 Å². The van der Waals surface area contributed by atoms with E-state index in [-0.39, 0.29) is 16.3 Å². The quantitative estimate of drug-likeness (QED) is 0.795. The van der Waals surface area contributed by atoms with E-state index < -0.39 is 23.3 Å². The minimum absolute atomic E-state index is 0.0390. The molecule has 0 aliphatic carbocycles. The van der Waals surface area contributed by atoms with E-state index in [2.05, 4.69) is 5.32 Å². The molecule has 0 heterocycles. The molecule has 5 nitrogen and oxygen atoms in total. The molecular formula is C13H16ClNO4. The lowest BCUT2D eigenvalue weighted by atomic mass is 9.86. The molecule has 3 N–H and O–H groups in total. The highest BCUT2D eigenvalue weighted by atomic mass is 35.5. The number of carbonyl (C=O) groups is 2. The van der Waals surface area contributed by atoms with Crippen LogP contribution < -0.4 is 5.32 Å². The van der Waals surface area contributed by atoms with Crippen molar-refractivity contribution < 1.29 is 19.8 Å². The number of rotatable bonds is 3. The maximum atomic E-state index is 12.0. The van der Waals surface area contributed by atoms with E-state index in [4.69, 9.17) is 16.7 Å². The van der Waals surface area contributed by atoms with E-state index in [1.54, 1.807) is 20.8 Å². The van der Waals surface area contributed by atoms with Gasteiger partial charge in [0.1, 0.15) is 11.8 Å². The highest BCUT2D eigenvalue weighted by molar-refractivity contribution is 6.33. The van der Waals surface area contributed by atoms with Crippen LogP contribution in [0.5, 0.6) is 5.75 Å². The molecule has 0 radical (unpaired) electrons. The summed E-state index contributed by atoms with van der Waals surface area (Å²) >= 11 is 5.85. The third kappa shape index (κ3) is 3.86. The second-order valence-electron chi connectivity index (χ2n) is 5.27. The van der Waals surface area contributed by atoms with Crippen LogP contribution in [0, 0.1) is 5.41 Å². The highest BCUT2D eigenvalue weighted by Crippen LogP contribution is 2.23. The fourth-order valence-electron chi connectivity index (χ4n) is 1.54. The number of carbonyl (C=O) groups excluding carboxylic acids is 1. The molecule has 0 aliphatic heterocycles. The highest BCUT2D eigenvalue weighted by Gasteiger charge is 2.33. The molecule has 1 aromatic carbocycles. The van der Waals surface area contributed by atoms with E-state index in [1.165, 1.54) is 18.2 Å². The second kappa shape index (κ2) is 5.48. The van der Waals surface area contributed by atoms with Crippen LogP contribution in [0.1, 0.15) is 31.1 Å². The Hall–Kier alpha value is -1.75. The van der Waals surface area contributed by atoms with Crippen molar-refractivity contribution in [3.05, 3.63) is 28.8 Å². The molecule has 19 heavy (non-hydrogen) atoms. The summed E-state index contributed by atoms with van der Waals surface area (Å²) < 4.78 is 0. The van der Waals surface area contributed by atoms with Gasteiger partial charge in [-0.1, -0.05) is 32.4 Å².